The molecule has 3 N–H and O–H groups in total. The van der Waals surface area contributed by atoms with E-state index in [0.717, 1.165) is 13.0 Å². The van der Waals surface area contributed by atoms with Crippen LogP contribution in [0, 0.1) is 0 Å². The summed E-state index contributed by atoms with van der Waals surface area (Å²) in [5.74, 6) is -0.591. The average Bonchev–Trinajstić information content (AvgIpc) is 2.79. The monoisotopic (exact) mass is 475 g/mol. The van der Waals surface area contributed by atoms with Crippen LogP contribution in [0.5, 0.6) is 0 Å². The van der Waals surface area contributed by atoms with Gasteiger partial charge in [-0.25, -0.2) is 0 Å². The second kappa shape index (κ2) is 23.1. The average molecular weight is 476 g/mol. The highest BCUT2D eigenvalue weighted by Crippen LogP contribution is 1.91. The van der Waals surface area contributed by atoms with Crippen molar-refractivity contribution in [2.45, 2.75) is 46.0 Å². The van der Waals surface area contributed by atoms with Crippen molar-refractivity contribution >= 4 is 23.5 Å². The Labute approximate surface area is 196 Å². The first-order chi connectivity index (χ1) is 16.0. The summed E-state index contributed by atoms with van der Waals surface area (Å²) in [6, 6.07) is 0. The highest BCUT2D eigenvalue weighted by atomic mass is 16.5. The van der Waals surface area contributed by atoms with E-state index in [9.17, 15) is 19.2 Å². The van der Waals surface area contributed by atoms with Crippen LogP contribution >= 0.6 is 0 Å². The summed E-state index contributed by atoms with van der Waals surface area (Å²) >= 11 is 0. The van der Waals surface area contributed by atoms with Gasteiger partial charge in [0.15, 0.2) is 0 Å². The van der Waals surface area contributed by atoms with Crippen LogP contribution in [0.25, 0.3) is 0 Å². The quantitative estimate of drug-likeness (QED) is 0.175. The van der Waals surface area contributed by atoms with Crippen molar-refractivity contribution in [3.05, 3.63) is 0 Å². The molecule has 0 aliphatic heterocycles. The molecule has 192 valence electrons. The zero-order valence-electron chi connectivity index (χ0n) is 20.1. The van der Waals surface area contributed by atoms with E-state index in [-0.39, 0.29) is 49.2 Å². The molecule has 0 saturated carbocycles. The minimum Gasteiger partial charge on any atom is -0.379 e. The summed E-state index contributed by atoms with van der Waals surface area (Å²) in [6.45, 7) is 8.20. The van der Waals surface area contributed by atoms with E-state index < -0.39 is 0 Å². The fraction of sp³-hybridized carbons (Fsp3) is 0.818. The first kappa shape index (κ1) is 30.9. The fourth-order valence-electron chi connectivity index (χ4n) is 2.36. The van der Waals surface area contributed by atoms with Gasteiger partial charge in [0.2, 0.25) is 17.7 Å². The van der Waals surface area contributed by atoms with Gasteiger partial charge in [-0.15, -0.1) is 0 Å². The fourth-order valence-corrected chi connectivity index (χ4v) is 2.36. The van der Waals surface area contributed by atoms with E-state index in [2.05, 4.69) is 16.0 Å². The minimum atomic E-state index is -0.213. The predicted molar refractivity (Wildman–Crippen MR) is 122 cm³/mol. The molecule has 11 nitrogen and oxygen atoms in total. The molecule has 0 spiro atoms. The third kappa shape index (κ3) is 24.4. The normalized spacial score (nSPS) is 10.6. The van der Waals surface area contributed by atoms with Crippen LogP contribution in [-0.2, 0) is 38.1 Å². The Kier molecular flexibility index (Phi) is 21.6. The standard InChI is InChI=1S/C22H41N3O8/c1-3-11-30-15-16-31-13-9-24-21(28)6-7-22(29)25-10-14-33-18-17-32-12-8-23-20(27)5-4-19(2)26/h3-18H2,1-2H3,(H,23,27)(H,24,28)(H,25,29). The van der Waals surface area contributed by atoms with Gasteiger partial charge < -0.3 is 39.7 Å². The van der Waals surface area contributed by atoms with Crippen molar-refractivity contribution in [3.8, 4) is 0 Å². The zero-order valence-corrected chi connectivity index (χ0v) is 20.1. The van der Waals surface area contributed by atoms with Crippen molar-refractivity contribution in [2.75, 3.05) is 72.5 Å². The number of rotatable bonds is 23. The van der Waals surface area contributed by atoms with Crippen LogP contribution in [0.3, 0.4) is 0 Å². The smallest absolute Gasteiger partial charge is 0.220 e. The van der Waals surface area contributed by atoms with Crippen molar-refractivity contribution in [1.82, 2.24) is 16.0 Å². The van der Waals surface area contributed by atoms with Crippen LogP contribution in [0.2, 0.25) is 0 Å². The van der Waals surface area contributed by atoms with Gasteiger partial charge in [-0.2, -0.15) is 0 Å². The molecule has 0 aliphatic carbocycles. The third-order valence-electron chi connectivity index (χ3n) is 4.08. The molecule has 0 aromatic heterocycles. The van der Waals surface area contributed by atoms with E-state index >= 15 is 0 Å². The van der Waals surface area contributed by atoms with Crippen molar-refractivity contribution in [2.24, 2.45) is 0 Å². The van der Waals surface area contributed by atoms with E-state index in [1.165, 1.54) is 6.92 Å². The topological polar surface area (TPSA) is 141 Å². The molecule has 3 amide bonds. The summed E-state index contributed by atoms with van der Waals surface area (Å²) in [6.07, 6.45) is 1.64. The Morgan fingerprint density at radius 3 is 1.18 bits per heavy atom. The number of ether oxygens (including phenoxy) is 4. The first-order valence-electron chi connectivity index (χ1n) is 11.6. The van der Waals surface area contributed by atoms with Crippen molar-refractivity contribution in [1.29, 1.82) is 0 Å². The largest absolute Gasteiger partial charge is 0.379 e. The third-order valence-corrected chi connectivity index (χ3v) is 4.08. The van der Waals surface area contributed by atoms with Gasteiger partial charge in [-0.05, 0) is 13.3 Å². The Bertz CT molecular complexity index is 546. The Morgan fingerprint density at radius 1 is 0.515 bits per heavy atom. The molecule has 0 fully saturated rings. The lowest BCUT2D eigenvalue weighted by Crippen LogP contribution is -2.31. The second-order valence-corrected chi connectivity index (χ2v) is 7.20. The molecule has 0 bridgehead atoms. The lowest BCUT2D eigenvalue weighted by atomic mass is 10.2. The van der Waals surface area contributed by atoms with Crippen LogP contribution in [0.1, 0.15) is 46.0 Å². The van der Waals surface area contributed by atoms with Gasteiger partial charge in [0.05, 0.1) is 46.2 Å². The Balaban J connectivity index is 3.38. The maximum Gasteiger partial charge on any atom is 0.220 e. The van der Waals surface area contributed by atoms with E-state index in [1.54, 1.807) is 0 Å². The second-order valence-electron chi connectivity index (χ2n) is 7.20. The van der Waals surface area contributed by atoms with Crippen molar-refractivity contribution in [3.63, 3.8) is 0 Å². The summed E-state index contributed by atoms with van der Waals surface area (Å²) in [5.41, 5.74) is 0. The SMILES string of the molecule is CCCOCCOCCNC(=O)CCC(=O)NCCOCCOCCNC(=O)CCC(C)=O. The minimum absolute atomic E-state index is 0.0126. The number of ketones is 1. The van der Waals surface area contributed by atoms with E-state index in [4.69, 9.17) is 18.9 Å². The van der Waals surface area contributed by atoms with Gasteiger partial charge in [-0.1, -0.05) is 6.92 Å². The Morgan fingerprint density at radius 2 is 0.848 bits per heavy atom. The zero-order chi connectivity index (χ0) is 24.6. The van der Waals surface area contributed by atoms with E-state index in [0.29, 0.717) is 65.9 Å². The number of carbonyl (C=O) groups excluding carboxylic acids is 4. The molecule has 33 heavy (non-hydrogen) atoms. The number of hydrogen-bond acceptors (Lipinski definition) is 8. The summed E-state index contributed by atoms with van der Waals surface area (Å²) in [5, 5.41) is 8.05. The van der Waals surface area contributed by atoms with Gasteiger partial charge >= 0.3 is 0 Å². The van der Waals surface area contributed by atoms with E-state index in [1.807, 2.05) is 6.92 Å². The molecule has 0 heterocycles. The first-order valence-corrected chi connectivity index (χ1v) is 11.6. The molecular formula is C22H41N3O8. The number of carbonyl (C=O) groups is 4. The molecule has 0 aliphatic rings. The van der Waals surface area contributed by atoms with Gasteiger partial charge in [-0.3, -0.25) is 14.4 Å². The van der Waals surface area contributed by atoms with Gasteiger partial charge in [0, 0.05) is 51.9 Å². The van der Waals surface area contributed by atoms with Gasteiger partial charge in [0.1, 0.15) is 5.78 Å². The molecule has 0 saturated heterocycles. The summed E-state index contributed by atoms with van der Waals surface area (Å²) < 4.78 is 21.3. The molecule has 11 heteroatoms. The van der Waals surface area contributed by atoms with Gasteiger partial charge in [0.25, 0.3) is 0 Å². The number of amides is 3. The van der Waals surface area contributed by atoms with Crippen molar-refractivity contribution < 1.29 is 38.1 Å². The predicted octanol–water partition coefficient (Wildman–Crippen LogP) is -0.0392. The number of Topliss-reactive ketones (excluding diaryl/α,β-unsaturated/α-hetero) is 1. The highest BCUT2D eigenvalue weighted by Gasteiger charge is 2.06. The lowest BCUT2D eigenvalue weighted by molar-refractivity contribution is -0.126. The molecule has 0 atom stereocenters. The highest BCUT2D eigenvalue weighted by molar-refractivity contribution is 5.84. The van der Waals surface area contributed by atoms with Crippen LogP contribution in [0.4, 0.5) is 0 Å². The number of hydrogen-bond donors (Lipinski definition) is 3. The molecule has 0 aromatic carbocycles. The summed E-state index contributed by atoms with van der Waals surface area (Å²) in [4.78, 5) is 45.6. The number of nitrogens with one attached hydrogen (secondary N) is 3. The van der Waals surface area contributed by atoms with Crippen LogP contribution in [0.15, 0.2) is 0 Å². The lowest BCUT2D eigenvalue weighted by Gasteiger charge is -2.08. The Hall–Kier alpha value is -2.08. The van der Waals surface area contributed by atoms with Crippen LogP contribution < -0.4 is 16.0 Å². The molecule has 0 aromatic rings. The molecule has 0 rings (SSSR count). The molecule has 0 radical (unpaired) electrons. The van der Waals surface area contributed by atoms with Crippen LogP contribution in [-0.4, -0.2) is 96.0 Å². The summed E-state index contributed by atoms with van der Waals surface area (Å²) in [7, 11) is 0. The maximum atomic E-state index is 11.7. The maximum absolute atomic E-state index is 11.7. The molecular weight excluding hydrogens is 434 g/mol. The molecule has 0 unspecified atom stereocenters.